The van der Waals surface area contributed by atoms with E-state index in [0.29, 0.717) is 6.54 Å². The maximum absolute atomic E-state index is 12.1. The van der Waals surface area contributed by atoms with Gasteiger partial charge in [0, 0.05) is 12.8 Å². The van der Waals surface area contributed by atoms with Crippen LogP contribution in [0, 0.1) is 0 Å². The Bertz CT molecular complexity index is 491. The third-order valence-corrected chi connectivity index (χ3v) is 3.32. The molecule has 1 heterocycles. The molecule has 1 amide bonds. The first kappa shape index (κ1) is 15.5. The zero-order valence-corrected chi connectivity index (χ0v) is 13.1. The number of carbonyl (C=O) groups is 1. The smallest absolute Gasteiger partial charge is 0.410 e. The highest BCUT2D eigenvalue weighted by atomic mass is 16.6. The molecule has 2 rings (SSSR count). The fraction of sp³-hybridized carbons (Fsp3) is 0.529. The summed E-state index contributed by atoms with van der Waals surface area (Å²) >= 11 is 0. The highest BCUT2D eigenvalue weighted by molar-refractivity contribution is 5.76. The van der Waals surface area contributed by atoms with Crippen LogP contribution in [0.15, 0.2) is 35.3 Å². The van der Waals surface area contributed by atoms with E-state index in [1.807, 2.05) is 45.2 Å². The predicted molar refractivity (Wildman–Crippen MR) is 84.6 cm³/mol. The van der Waals surface area contributed by atoms with Gasteiger partial charge in [-0.25, -0.2) is 4.79 Å². The molecule has 0 saturated carbocycles. The zero-order chi connectivity index (χ0) is 15.3. The first-order valence-corrected chi connectivity index (χ1v) is 7.49. The Morgan fingerprint density at radius 3 is 2.76 bits per heavy atom. The van der Waals surface area contributed by atoms with Crippen LogP contribution in [0.4, 0.5) is 4.79 Å². The molecule has 1 fully saturated rings. The molecule has 1 saturated heterocycles. The van der Waals surface area contributed by atoms with Gasteiger partial charge in [0.05, 0.1) is 12.6 Å². The molecule has 1 aliphatic rings. The molecule has 1 aromatic carbocycles. The van der Waals surface area contributed by atoms with E-state index in [1.54, 1.807) is 4.90 Å². The van der Waals surface area contributed by atoms with Gasteiger partial charge in [-0.05, 0) is 39.2 Å². The summed E-state index contributed by atoms with van der Waals surface area (Å²) in [6.07, 6.45) is 3.61. The summed E-state index contributed by atoms with van der Waals surface area (Å²) in [5.41, 5.74) is 0.723. The van der Waals surface area contributed by atoms with Gasteiger partial charge in [-0.3, -0.25) is 4.99 Å². The number of likely N-dealkylation sites (tertiary alicyclic amines) is 1. The normalized spacial score (nSPS) is 19.2. The summed E-state index contributed by atoms with van der Waals surface area (Å²) in [5, 5.41) is 0. The standard InChI is InChI=1S/C17H24N2O2/c1-17(2,3)21-16(20)19-11-7-10-15(19)13-18-12-14-8-5-4-6-9-14/h4-6,8-9,13,15H,7,10-12H2,1-3H3/t15-/m0/s1. The number of aliphatic imine (C=N–C) groups is 1. The summed E-state index contributed by atoms with van der Waals surface area (Å²) in [7, 11) is 0. The molecule has 0 aliphatic carbocycles. The number of hydrogen-bond acceptors (Lipinski definition) is 3. The topological polar surface area (TPSA) is 41.9 Å². The lowest BCUT2D eigenvalue weighted by Gasteiger charge is -2.27. The predicted octanol–water partition coefficient (Wildman–Crippen LogP) is 3.66. The number of carbonyl (C=O) groups excluding carboxylic acids is 1. The van der Waals surface area contributed by atoms with E-state index < -0.39 is 5.60 Å². The highest BCUT2D eigenvalue weighted by Crippen LogP contribution is 2.19. The molecule has 0 N–H and O–H groups in total. The largest absolute Gasteiger partial charge is 0.444 e. The fourth-order valence-corrected chi connectivity index (χ4v) is 2.36. The van der Waals surface area contributed by atoms with E-state index >= 15 is 0 Å². The van der Waals surface area contributed by atoms with E-state index in [9.17, 15) is 4.79 Å². The number of hydrogen-bond donors (Lipinski definition) is 0. The van der Waals surface area contributed by atoms with Gasteiger partial charge in [-0.2, -0.15) is 0 Å². The monoisotopic (exact) mass is 288 g/mol. The minimum Gasteiger partial charge on any atom is -0.444 e. The molecule has 114 valence electrons. The average molecular weight is 288 g/mol. The van der Waals surface area contributed by atoms with E-state index in [2.05, 4.69) is 17.1 Å². The first-order chi connectivity index (χ1) is 9.96. The fourth-order valence-electron chi connectivity index (χ4n) is 2.36. The molecule has 1 atom stereocenters. The van der Waals surface area contributed by atoms with Crippen LogP contribution < -0.4 is 0 Å². The lowest BCUT2D eigenvalue weighted by atomic mass is 10.2. The van der Waals surface area contributed by atoms with Gasteiger partial charge in [0.2, 0.25) is 0 Å². The molecule has 1 aliphatic heterocycles. The third-order valence-electron chi connectivity index (χ3n) is 3.32. The maximum Gasteiger partial charge on any atom is 0.410 e. The van der Waals surface area contributed by atoms with Gasteiger partial charge >= 0.3 is 6.09 Å². The van der Waals surface area contributed by atoms with Crippen LogP contribution in [-0.2, 0) is 11.3 Å². The van der Waals surface area contributed by atoms with Gasteiger partial charge in [-0.1, -0.05) is 30.3 Å². The highest BCUT2D eigenvalue weighted by Gasteiger charge is 2.30. The molecule has 0 unspecified atom stereocenters. The van der Waals surface area contributed by atoms with Crippen LogP contribution in [0.3, 0.4) is 0 Å². The second-order valence-corrected chi connectivity index (χ2v) is 6.36. The zero-order valence-electron chi connectivity index (χ0n) is 13.1. The maximum atomic E-state index is 12.1. The molecule has 0 bridgehead atoms. The van der Waals surface area contributed by atoms with Crippen molar-refractivity contribution in [1.29, 1.82) is 0 Å². The van der Waals surface area contributed by atoms with Crippen molar-refractivity contribution >= 4 is 12.3 Å². The summed E-state index contributed by atoms with van der Waals surface area (Å²) in [5.74, 6) is 0. The molecule has 21 heavy (non-hydrogen) atoms. The molecule has 0 spiro atoms. The number of rotatable bonds is 3. The van der Waals surface area contributed by atoms with Crippen LogP contribution in [0.2, 0.25) is 0 Å². The molecule has 4 nitrogen and oxygen atoms in total. The molecule has 1 aromatic rings. The van der Waals surface area contributed by atoms with Gasteiger partial charge in [0.1, 0.15) is 5.60 Å². The van der Waals surface area contributed by atoms with Gasteiger partial charge in [0.25, 0.3) is 0 Å². The van der Waals surface area contributed by atoms with E-state index in [1.165, 1.54) is 5.56 Å². The van der Waals surface area contributed by atoms with Crippen molar-refractivity contribution in [3.05, 3.63) is 35.9 Å². The van der Waals surface area contributed by atoms with Crippen molar-refractivity contribution in [1.82, 2.24) is 4.90 Å². The molecular formula is C17H24N2O2. The van der Waals surface area contributed by atoms with Gasteiger partial charge in [-0.15, -0.1) is 0 Å². The second-order valence-electron chi connectivity index (χ2n) is 6.36. The number of ether oxygens (including phenoxy) is 1. The van der Waals surface area contributed by atoms with Crippen LogP contribution in [-0.4, -0.2) is 35.4 Å². The minimum atomic E-state index is -0.453. The summed E-state index contributed by atoms with van der Waals surface area (Å²) in [4.78, 5) is 18.4. The Hall–Kier alpha value is -1.84. The minimum absolute atomic E-state index is 0.0589. The van der Waals surface area contributed by atoms with Crippen molar-refractivity contribution in [2.24, 2.45) is 4.99 Å². The van der Waals surface area contributed by atoms with Crippen molar-refractivity contribution in [2.45, 2.75) is 51.8 Å². The van der Waals surface area contributed by atoms with Crippen LogP contribution in [0.5, 0.6) is 0 Å². The number of amides is 1. The Morgan fingerprint density at radius 2 is 2.10 bits per heavy atom. The lowest BCUT2D eigenvalue weighted by molar-refractivity contribution is 0.0268. The molecule has 0 radical (unpaired) electrons. The molecule has 4 heteroatoms. The van der Waals surface area contributed by atoms with Gasteiger partial charge < -0.3 is 9.64 Å². The lowest BCUT2D eigenvalue weighted by Crippen LogP contribution is -2.40. The van der Waals surface area contributed by atoms with Crippen LogP contribution in [0.1, 0.15) is 39.2 Å². The van der Waals surface area contributed by atoms with Crippen LogP contribution >= 0.6 is 0 Å². The summed E-state index contributed by atoms with van der Waals surface area (Å²) in [6, 6.07) is 10.2. The summed E-state index contributed by atoms with van der Waals surface area (Å²) in [6.45, 7) is 7.06. The van der Waals surface area contributed by atoms with Crippen molar-refractivity contribution in [3.63, 3.8) is 0 Å². The van der Waals surface area contributed by atoms with E-state index in [0.717, 1.165) is 19.4 Å². The third kappa shape index (κ3) is 4.88. The SMILES string of the molecule is CC(C)(C)OC(=O)N1CCC[C@H]1C=NCc1ccccc1. The molecule has 0 aromatic heterocycles. The quantitative estimate of drug-likeness (QED) is 0.797. The molecular weight excluding hydrogens is 264 g/mol. The second kappa shape index (κ2) is 6.74. The van der Waals surface area contributed by atoms with E-state index in [-0.39, 0.29) is 12.1 Å². The van der Waals surface area contributed by atoms with Crippen molar-refractivity contribution in [3.8, 4) is 0 Å². The number of nitrogens with zero attached hydrogens (tertiary/aromatic N) is 2. The average Bonchev–Trinajstić information content (AvgIpc) is 2.86. The Morgan fingerprint density at radius 1 is 1.38 bits per heavy atom. The Labute approximate surface area is 126 Å². The van der Waals surface area contributed by atoms with Gasteiger partial charge in [0.15, 0.2) is 0 Å². The van der Waals surface area contributed by atoms with E-state index in [4.69, 9.17) is 4.74 Å². The Balaban J connectivity index is 1.91. The summed E-state index contributed by atoms with van der Waals surface area (Å²) < 4.78 is 5.44. The first-order valence-electron chi connectivity index (χ1n) is 7.49. The number of benzene rings is 1. The van der Waals surface area contributed by atoms with Crippen molar-refractivity contribution in [2.75, 3.05) is 6.54 Å². The van der Waals surface area contributed by atoms with Crippen molar-refractivity contribution < 1.29 is 9.53 Å². The Kier molecular flexibility index (Phi) is 4.99. The van der Waals surface area contributed by atoms with Crippen LogP contribution in [0.25, 0.3) is 0 Å².